The maximum atomic E-state index is 8.64. The average molecular weight is 809 g/mol. The topological polar surface area (TPSA) is 26.0 Å². The van der Waals surface area contributed by atoms with Crippen molar-refractivity contribution >= 4 is 35.2 Å². The normalized spacial score (nSPS) is 12.2. The summed E-state index contributed by atoms with van der Waals surface area (Å²) in [5.74, 6) is 0.667. The van der Waals surface area contributed by atoms with E-state index in [9.17, 15) is 0 Å². The average Bonchev–Trinajstić information content (AvgIpc) is 3.48. The second-order valence-corrected chi connectivity index (χ2v) is 18.1. The molecule has 0 fully saturated rings. The van der Waals surface area contributed by atoms with Crippen molar-refractivity contribution in [3.63, 3.8) is 0 Å². The number of furan rings is 1. The number of pyridine rings is 1. The molecule has 2 heterocycles. The van der Waals surface area contributed by atoms with Crippen molar-refractivity contribution in [2.45, 2.75) is 46.3 Å². The molecule has 47 heavy (non-hydrogen) atoms. The fraction of sp³-hybridized carbons (Fsp3) is 0.186. The summed E-state index contributed by atoms with van der Waals surface area (Å²) in [5, 5.41) is 3.57. The van der Waals surface area contributed by atoms with Crippen LogP contribution in [0.2, 0.25) is 19.6 Å². The van der Waals surface area contributed by atoms with Gasteiger partial charge >= 0.3 is 20.1 Å². The summed E-state index contributed by atoms with van der Waals surface area (Å²) in [6.45, 7) is 11.7. The molecule has 0 saturated heterocycles. The molecule has 2 nitrogen and oxygen atoms in total. The van der Waals surface area contributed by atoms with Crippen LogP contribution in [0.3, 0.4) is 0 Å². The van der Waals surface area contributed by atoms with E-state index in [1.807, 2.05) is 91.0 Å². The molecule has 2 aromatic heterocycles. The van der Waals surface area contributed by atoms with Crippen molar-refractivity contribution in [3.05, 3.63) is 156 Å². The minimum Gasteiger partial charge on any atom is -0.510 e. The van der Waals surface area contributed by atoms with Gasteiger partial charge in [-0.15, -0.1) is 53.6 Å². The molecule has 4 heteroatoms. The minimum absolute atomic E-state index is 0. The largest absolute Gasteiger partial charge is 3.00 e. The van der Waals surface area contributed by atoms with Crippen LogP contribution >= 0.6 is 0 Å². The molecule has 0 bridgehead atoms. The van der Waals surface area contributed by atoms with E-state index in [0.29, 0.717) is 17.0 Å². The summed E-state index contributed by atoms with van der Waals surface area (Å²) in [5.41, 5.74) is 7.93. The molecule has 0 amide bonds. The Labute approximate surface area is 297 Å². The van der Waals surface area contributed by atoms with Crippen molar-refractivity contribution in [2.24, 2.45) is 5.92 Å². The van der Waals surface area contributed by atoms with Crippen LogP contribution < -0.4 is 5.19 Å². The van der Waals surface area contributed by atoms with E-state index in [1.165, 1.54) is 10.8 Å². The molecular formula is C43H40IrNOSi. The molecule has 0 atom stereocenters. The number of rotatable bonds is 7. The fourth-order valence-corrected chi connectivity index (χ4v) is 7.34. The predicted molar refractivity (Wildman–Crippen MR) is 196 cm³/mol. The fourth-order valence-electron chi connectivity index (χ4n) is 5.75. The van der Waals surface area contributed by atoms with Crippen LogP contribution in [0, 0.1) is 24.1 Å². The molecule has 0 saturated carbocycles. The number of aromatic nitrogens is 1. The number of fused-ring (bicyclic) bond motifs is 3. The summed E-state index contributed by atoms with van der Waals surface area (Å²) in [6, 6.07) is 46.5. The Hall–Kier alpha value is -4.08. The number of benzene rings is 5. The molecule has 0 aliphatic carbocycles. The van der Waals surface area contributed by atoms with Crippen molar-refractivity contribution in [1.29, 1.82) is 0 Å². The third-order valence-corrected chi connectivity index (χ3v) is 9.95. The second-order valence-electron chi connectivity index (χ2n) is 13.0. The molecular weight excluding hydrogens is 767 g/mol. The summed E-state index contributed by atoms with van der Waals surface area (Å²) in [7, 11) is -1.34. The standard InChI is InChI=1S/C25H16O.C18H24NSi.Ir/c1-2-8-18(9-3-1)16-19-10-6-11-20(17-19)21-13-7-14-23-22-12-4-5-15-24(22)26-25(21)23;1-14(2)11-16-12-17(15-9-7-6-8-10-15)19-13-18(16)20(3,4)5;/h1-10,12,14-15,17H,16H2;6-9,12-14H,11H2,1-5H3;/q-2;-1;+3/i16D2;;. The van der Waals surface area contributed by atoms with Gasteiger partial charge in [-0.1, -0.05) is 99.0 Å². The molecule has 236 valence electrons. The van der Waals surface area contributed by atoms with Crippen molar-refractivity contribution in [2.75, 3.05) is 0 Å². The molecule has 5 aromatic carbocycles. The summed E-state index contributed by atoms with van der Waals surface area (Å²) in [6.07, 6.45) is 1.63. The third-order valence-electron chi connectivity index (χ3n) is 7.88. The predicted octanol–water partition coefficient (Wildman–Crippen LogP) is 10.7. The number of hydrogen-bond acceptors (Lipinski definition) is 2. The Morgan fingerprint density at radius 3 is 2.21 bits per heavy atom. The summed E-state index contributed by atoms with van der Waals surface area (Å²) >= 11 is 0. The molecule has 0 radical (unpaired) electrons. The van der Waals surface area contributed by atoms with Gasteiger partial charge in [-0.25, -0.2) is 5.56 Å². The second kappa shape index (κ2) is 15.2. The van der Waals surface area contributed by atoms with Gasteiger partial charge in [0.05, 0.1) is 8.07 Å². The van der Waals surface area contributed by atoms with Gasteiger partial charge in [0.1, 0.15) is 5.58 Å². The van der Waals surface area contributed by atoms with Crippen LogP contribution in [-0.2, 0) is 32.9 Å². The first-order valence-electron chi connectivity index (χ1n) is 16.9. The minimum atomic E-state index is -1.60. The van der Waals surface area contributed by atoms with Gasteiger partial charge in [-0.05, 0) is 41.2 Å². The zero-order valence-electron chi connectivity index (χ0n) is 29.5. The van der Waals surface area contributed by atoms with Gasteiger partial charge in [0, 0.05) is 19.9 Å². The first kappa shape index (κ1) is 31.5. The zero-order chi connectivity index (χ0) is 33.9. The van der Waals surface area contributed by atoms with Gasteiger partial charge in [0.15, 0.2) is 0 Å². The monoisotopic (exact) mass is 809 g/mol. The van der Waals surface area contributed by atoms with Gasteiger partial charge in [-0.3, -0.25) is 0 Å². The molecule has 7 rings (SSSR count). The van der Waals surface area contributed by atoms with E-state index >= 15 is 0 Å². The maximum Gasteiger partial charge on any atom is 3.00 e. The quantitative estimate of drug-likeness (QED) is 0.118. The summed E-state index contributed by atoms with van der Waals surface area (Å²) in [4.78, 5) is 4.69. The van der Waals surface area contributed by atoms with E-state index < -0.39 is 14.4 Å². The number of para-hydroxylation sites is 1. The molecule has 0 aliphatic heterocycles. The Kier molecular flexibility index (Phi) is 10.2. The Balaban J connectivity index is 0.000000199. The number of hydrogen-bond donors (Lipinski definition) is 0. The van der Waals surface area contributed by atoms with Crippen molar-refractivity contribution in [1.82, 2.24) is 4.98 Å². The zero-order valence-corrected chi connectivity index (χ0v) is 30.9. The van der Waals surface area contributed by atoms with Crippen molar-refractivity contribution < 1.29 is 27.3 Å². The first-order valence-corrected chi connectivity index (χ1v) is 19.4. The Bertz CT molecular complexity index is 2150. The van der Waals surface area contributed by atoms with E-state index in [4.69, 9.17) is 7.16 Å². The molecule has 7 aromatic rings. The molecule has 0 spiro atoms. The van der Waals surface area contributed by atoms with Crippen LogP contribution in [0.25, 0.3) is 44.3 Å². The maximum absolute atomic E-state index is 8.64. The molecule has 0 unspecified atom stereocenters. The van der Waals surface area contributed by atoms with E-state index in [2.05, 4.69) is 75.0 Å². The van der Waals surface area contributed by atoms with E-state index in [-0.39, 0.29) is 20.1 Å². The van der Waals surface area contributed by atoms with Crippen LogP contribution in [-0.4, -0.2) is 13.1 Å². The van der Waals surface area contributed by atoms with Gasteiger partial charge < -0.3 is 9.40 Å². The smallest absolute Gasteiger partial charge is 0.510 e. The van der Waals surface area contributed by atoms with Crippen LogP contribution in [0.15, 0.2) is 126 Å². The van der Waals surface area contributed by atoms with Gasteiger partial charge in [0.25, 0.3) is 0 Å². The van der Waals surface area contributed by atoms with Crippen molar-refractivity contribution in [3.8, 4) is 22.4 Å². The SMILES string of the molecule is CC(C)Cc1cc(-c2[c-]cccc2)ncc1[Si](C)(C)C.[2H]C([2H])(c1ccccc1)c1cc[c-]c(-c2[c-]ccc3c2oc2ccccc23)c1.[Ir+3]. The molecule has 0 N–H and O–H groups in total. The van der Waals surface area contributed by atoms with Crippen LogP contribution in [0.1, 0.15) is 33.3 Å². The Morgan fingerprint density at radius 2 is 1.47 bits per heavy atom. The summed E-state index contributed by atoms with van der Waals surface area (Å²) < 4.78 is 23.4. The van der Waals surface area contributed by atoms with Gasteiger partial charge in [-0.2, -0.15) is 35.9 Å². The van der Waals surface area contributed by atoms with E-state index in [0.717, 1.165) is 50.7 Å². The number of nitrogens with zero attached hydrogens (tertiary/aromatic N) is 1. The van der Waals surface area contributed by atoms with Crippen LogP contribution in [0.4, 0.5) is 0 Å². The third kappa shape index (κ3) is 8.26. The van der Waals surface area contributed by atoms with Gasteiger partial charge in [0.2, 0.25) is 0 Å². The Morgan fingerprint density at radius 1 is 0.745 bits per heavy atom. The first-order chi connectivity index (χ1) is 23.0. The van der Waals surface area contributed by atoms with Crippen LogP contribution in [0.5, 0.6) is 0 Å². The van der Waals surface area contributed by atoms with E-state index in [1.54, 1.807) is 12.1 Å². The molecule has 0 aliphatic rings.